The maximum Gasteiger partial charge on any atom is 0.414 e. The Balaban J connectivity index is 1.41. The second kappa shape index (κ2) is 8.57. The summed E-state index contributed by atoms with van der Waals surface area (Å²) < 4.78 is 5.23. The first-order valence-electron chi connectivity index (χ1n) is 10.9. The van der Waals surface area contributed by atoms with Crippen molar-refractivity contribution < 1.29 is 14.3 Å². The summed E-state index contributed by atoms with van der Waals surface area (Å²) in [7, 11) is 0. The van der Waals surface area contributed by atoms with E-state index in [0.717, 1.165) is 35.7 Å². The Morgan fingerprint density at radius 2 is 1.77 bits per heavy atom. The minimum Gasteiger partial charge on any atom is -0.447 e. The number of nitrogens with zero attached hydrogens (tertiary/aromatic N) is 4. The Kier molecular flexibility index (Phi) is 5.85. The van der Waals surface area contributed by atoms with Crippen molar-refractivity contribution >= 4 is 23.5 Å². The molecule has 7 nitrogen and oxygen atoms in total. The highest BCUT2D eigenvalue weighted by molar-refractivity contribution is 5.96. The number of pyridine rings is 1. The first kappa shape index (κ1) is 21.2. The molecule has 2 aliphatic rings. The molecule has 2 fully saturated rings. The predicted octanol–water partition coefficient (Wildman–Crippen LogP) is 3.64. The van der Waals surface area contributed by atoms with Crippen molar-refractivity contribution in [3.05, 3.63) is 53.2 Å². The number of anilines is 2. The molecule has 0 bridgehead atoms. The zero-order chi connectivity index (χ0) is 22.1. The van der Waals surface area contributed by atoms with Crippen LogP contribution in [0.25, 0.3) is 0 Å². The van der Waals surface area contributed by atoms with Crippen LogP contribution in [0.5, 0.6) is 0 Å². The Bertz CT molecular complexity index is 965. The largest absolute Gasteiger partial charge is 0.447 e. The van der Waals surface area contributed by atoms with Crippen molar-refractivity contribution in [1.82, 2.24) is 9.88 Å². The van der Waals surface area contributed by atoms with Gasteiger partial charge in [0.25, 0.3) is 5.91 Å². The molecule has 1 aromatic carbocycles. The predicted molar refractivity (Wildman–Crippen MR) is 121 cm³/mol. The highest BCUT2D eigenvalue weighted by Crippen LogP contribution is 2.28. The van der Waals surface area contributed by atoms with Gasteiger partial charge in [-0.3, -0.25) is 9.69 Å². The molecule has 1 atom stereocenters. The fourth-order valence-electron chi connectivity index (χ4n) is 4.33. The smallest absolute Gasteiger partial charge is 0.414 e. The normalized spacial score (nSPS) is 19.2. The molecule has 7 heteroatoms. The molecule has 31 heavy (non-hydrogen) atoms. The maximum absolute atomic E-state index is 13.0. The number of carbonyl (C=O) groups is 2. The van der Waals surface area contributed by atoms with E-state index in [9.17, 15) is 9.59 Å². The van der Waals surface area contributed by atoms with Crippen molar-refractivity contribution in [2.45, 2.75) is 33.7 Å². The van der Waals surface area contributed by atoms with Gasteiger partial charge in [-0.25, -0.2) is 9.78 Å². The minimum atomic E-state index is -0.325. The lowest BCUT2D eigenvalue weighted by Crippen LogP contribution is -2.49. The molecule has 4 rings (SSSR count). The number of cyclic esters (lactones) is 1. The molecular weight excluding hydrogens is 392 g/mol. The van der Waals surface area contributed by atoms with Gasteiger partial charge in [-0.05, 0) is 55.2 Å². The molecule has 0 N–H and O–H groups in total. The molecule has 0 spiro atoms. The van der Waals surface area contributed by atoms with E-state index in [1.165, 1.54) is 0 Å². The number of carbonyl (C=O) groups excluding carboxylic acids is 2. The lowest BCUT2D eigenvalue weighted by atomic mass is 10.0. The maximum atomic E-state index is 13.0. The lowest BCUT2D eigenvalue weighted by molar-refractivity contribution is 0.0746. The van der Waals surface area contributed by atoms with Gasteiger partial charge in [0.1, 0.15) is 12.4 Å². The molecule has 0 unspecified atom stereocenters. The van der Waals surface area contributed by atoms with Crippen LogP contribution in [-0.4, -0.2) is 60.7 Å². The number of hydrogen-bond donors (Lipinski definition) is 0. The second-order valence-electron chi connectivity index (χ2n) is 8.74. The number of aromatic nitrogens is 1. The molecule has 1 aromatic heterocycles. The third-order valence-corrected chi connectivity index (χ3v) is 6.12. The SMILES string of the molecule is Cc1cnc(N2CCN(C(=O)c3ccc(N4C(=O)OC[C@H]4C(C)C)cc3)CC2)c(C)c1. The standard InChI is InChI=1S/C24H30N4O3/c1-16(2)21-15-31-24(30)28(21)20-7-5-19(6-8-20)23(29)27-11-9-26(10-12-27)22-18(4)13-17(3)14-25-22/h5-8,13-14,16,21H,9-12,15H2,1-4H3/t21-/m0/s1. The number of benzene rings is 1. The zero-order valence-corrected chi connectivity index (χ0v) is 18.7. The topological polar surface area (TPSA) is 66.0 Å². The molecule has 2 saturated heterocycles. The van der Waals surface area contributed by atoms with Gasteiger partial charge in [0.15, 0.2) is 0 Å². The zero-order valence-electron chi connectivity index (χ0n) is 18.7. The van der Waals surface area contributed by atoms with Gasteiger partial charge >= 0.3 is 6.09 Å². The summed E-state index contributed by atoms with van der Waals surface area (Å²) in [5.41, 5.74) is 3.72. The third kappa shape index (κ3) is 4.22. The summed E-state index contributed by atoms with van der Waals surface area (Å²) in [4.78, 5) is 35.6. The van der Waals surface area contributed by atoms with E-state index < -0.39 is 0 Å². The Labute approximate surface area is 183 Å². The first-order chi connectivity index (χ1) is 14.8. The van der Waals surface area contributed by atoms with Gasteiger partial charge < -0.3 is 14.5 Å². The minimum absolute atomic E-state index is 0.0148. The number of hydrogen-bond acceptors (Lipinski definition) is 5. The summed E-state index contributed by atoms with van der Waals surface area (Å²) in [6.07, 6.45) is 1.57. The van der Waals surface area contributed by atoms with Gasteiger partial charge in [0.05, 0.1) is 6.04 Å². The number of aryl methyl sites for hydroxylation is 2. The van der Waals surface area contributed by atoms with Crippen molar-refractivity contribution in [3.63, 3.8) is 0 Å². The molecular formula is C24H30N4O3. The molecule has 2 aliphatic heterocycles. The lowest BCUT2D eigenvalue weighted by Gasteiger charge is -2.36. The van der Waals surface area contributed by atoms with Crippen molar-refractivity contribution in [1.29, 1.82) is 0 Å². The van der Waals surface area contributed by atoms with E-state index in [1.54, 1.807) is 17.0 Å². The molecule has 0 radical (unpaired) electrons. The van der Waals surface area contributed by atoms with E-state index in [-0.39, 0.29) is 24.0 Å². The molecule has 2 amide bonds. The highest BCUT2D eigenvalue weighted by atomic mass is 16.6. The van der Waals surface area contributed by atoms with Crippen LogP contribution in [0.3, 0.4) is 0 Å². The van der Waals surface area contributed by atoms with Crippen LogP contribution in [0, 0.1) is 19.8 Å². The number of ether oxygens (including phenoxy) is 1. The van der Waals surface area contributed by atoms with Crippen LogP contribution in [0.15, 0.2) is 36.5 Å². The summed E-state index contributed by atoms with van der Waals surface area (Å²) in [6, 6.07) is 9.44. The average Bonchev–Trinajstić information content (AvgIpc) is 3.15. The number of piperazine rings is 1. The molecule has 0 aliphatic carbocycles. The van der Waals surface area contributed by atoms with E-state index >= 15 is 0 Å². The molecule has 164 valence electrons. The third-order valence-electron chi connectivity index (χ3n) is 6.12. The highest BCUT2D eigenvalue weighted by Gasteiger charge is 2.36. The van der Waals surface area contributed by atoms with E-state index in [0.29, 0.717) is 25.3 Å². The van der Waals surface area contributed by atoms with Crippen LogP contribution < -0.4 is 9.80 Å². The number of amides is 2. The Morgan fingerprint density at radius 3 is 2.39 bits per heavy atom. The van der Waals surface area contributed by atoms with Crippen LogP contribution in [0.2, 0.25) is 0 Å². The van der Waals surface area contributed by atoms with Gasteiger partial charge in [0.2, 0.25) is 0 Å². The molecule has 3 heterocycles. The molecule has 0 saturated carbocycles. The van der Waals surface area contributed by atoms with Gasteiger partial charge in [-0.2, -0.15) is 0 Å². The van der Waals surface area contributed by atoms with E-state index in [2.05, 4.69) is 36.7 Å². The Morgan fingerprint density at radius 1 is 1.10 bits per heavy atom. The first-order valence-corrected chi connectivity index (χ1v) is 10.9. The van der Waals surface area contributed by atoms with Crippen LogP contribution in [0.1, 0.15) is 35.3 Å². The van der Waals surface area contributed by atoms with Crippen LogP contribution in [0.4, 0.5) is 16.3 Å². The van der Waals surface area contributed by atoms with Crippen LogP contribution >= 0.6 is 0 Å². The van der Waals surface area contributed by atoms with Gasteiger partial charge in [-0.15, -0.1) is 0 Å². The summed E-state index contributed by atoms with van der Waals surface area (Å²) in [5.74, 6) is 1.30. The van der Waals surface area contributed by atoms with Crippen molar-refractivity contribution in [2.24, 2.45) is 5.92 Å². The van der Waals surface area contributed by atoms with Crippen molar-refractivity contribution in [2.75, 3.05) is 42.6 Å². The summed E-state index contributed by atoms with van der Waals surface area (Å²) in [5, 5.41) is 0. The van der Waals surface area contributed by atoms with Gasteiger partial charge in [0, 0.05) is 43.6 Å². The Hall–Kier alpha value is -3.09. The monoisotopic (exact) mass is 422 g/mol. The summed E-state index contributed by atoms with van der Waals surface area (Å²) >= 11 is 0. The average molecular weight is 423 g/mol. The van der Waals surface area contributed by atoms with E-state index in [4.69, 9.17) is 4.74 Å². The van der Waals surface area contributed by atoms with Gasteiger partial charge in [-0.1, -0.05) is 19.9 Å². The van der Waals surface area contributed by atoms with Crippen LogP contribution in [-0.2, 0) is 4.74 Å². The molecule has 2 aromatic rings. The van der Waals surface area contributed by atoms with E-state index in [1.807, 2.05) is 30.2 Å². The number of rotatable bonds is 4. The quantitative estimate of drug-likeness (QED) is 0.753. The fourth-order valence-corrected chi connectivity index (χ4v) is 4.33. The summed E-state index contributed by atoms with van der Waals surface area (Å²) in [6.45, 7) is 11.5. The second-order valence-corrected chi connectivity index (χ2v) is 8.74. The fraction of sp³-hybridized carbons (Fsp3) is 0.458. The van der Waals surface area contributed by atoms with Crippen molar-refractivity contribution in [3.8, 4) is 0 Å².